The third kappa shape index (κ3) is 5.64. The summed E-state index contributed by atoms with van der Waals surface area (Å²) in [4.78, 5) is 28.2. The van der Waals surface area contributed by atoms with Crippen molar-refractivity contribution in [3.63, 3.8) is 0 Å². The van der Waals surface area contributed by atoms with E-state index in [1.54, 1.807) is 24.4 Å². The molecule has 1 aliphatic rings. The molecule has 0 aliphatic carbocycles. The number of hydrogen-bond donors (Lipinski definition) is 1. The third-order valence-corrected chi connectivity index (χ3v) is 7.10. The fraction of sp³-hybridized carbons (Fsp3) is 0.519. The van der Waals surface area contributed by atoms with Gasteiger partial charge >= 0.3 is 0 Å². The minimum absolute atomic E-state index is 0.121. The van der Waals surface area contributed by atoms with Gasteiger partial charge in [0.05, 0.1) is 18.1 Å². The number of rotatable bonds is 8. The van der Waals surface area contributed by atoms with Crippen molar-refractivity contribution in [2.45, 2.75) is 53.6 Å². The molecular formula is C27H36FN5O2. The number of fused-ring (bicyclic) bond motifs is 1. The highest BCUT2D eigenvalue weighted by molar-refractivity contribution is 5.87. The lowest BCUT2D eigenvalue weighted by Gasteiger charge is -2.34. The molecule has 1 amide bonds. The molecule has 1 aliphatic heterocycles. The van der Waals surface area contributed by atoms with Crippen molar-refractivity contribution in [3.8, 4) is 0 Å². The van der Waals surface area contributed by atoms with Crippen LogP contribution in [0.1, 0.15) is 43.6 Å². The van der Waals surface area contributed by atoms with Crippen molar-refractivity contribution in [1.29, 1.82) is 0 Å². The van der Waals surface area contributed by atoms with E-state index < -0.39 is 0 Å². The Hall–Kier alpha value is -3.00. The van der Waals surface area contributed by atoms with Crippen LogP contribution in [-0.2, 0) is 17.9 Å². The average molecular weight is 482 g/mol. The molecule has 1 saturated heterocycles. The molecule has 188 valence electrons. The van der Waals surface area contributed by atoms with E-state index in [2.05, 4.69) is 29.2 Å². The normalized spacial score (nSPS) is 18.8. The van der Waals surface area contributed by atoms with Crippen LogP contribution < -0.4 is 10.9 Å². The van der Waals surface area contributed by atoms with Gasteiger partial charge in [-0.25, -0.2) is 9.07 Å². The molecule has 0 radical (unpaired) electrons. The molecule has 1 aromatic carbocycles. The summed E-state index contributed by atoms with van der Waals surface area (Å²) >= 11 is 0. The summed E-state index contributed by atoms with van der Waals surface area (Å²) < 4.78 is 17.4. The Morgan fingerprint density at radius 3 is 2.57 bits per heavy atom. The molecule has 8 heteroatoms. The molecule has 3 aromatic rings. The van der Waals surface area contributed by atoms with Crippen LogP contribution in [0.15, 0.2) is 35.3 Å². The number of piperidine rings is 1. The second-order valence-electron chi connectivity index (χ2n) is 10.2. The standard InChI is InChI=1S/C27H36FN5O2/c1-18-12-19(2)15-31(14-18)11-7-10-29-25(34)17-33-27(35)26-21(4)32(20(3)23(26)13-30-33)16-22-8-5-6-9-24(22)28/h5-6,8-9,13,18-19H,7,10-12,14-17H2,1-4H3,(H,29,34)/t18-,19-/m0/s1. The molecule has 0 spiro atoms. The Morgan fingerprint density at radius 1 is 1.14 bits per heavy atom. The number of aryl methyl sites for hydroxylation is 2. The van der Waals surface area contributed by atoms with Crippen molar-refractivity contribution in [1.82, 2.24) is 24.6 Å². The topological polar surface area (TPSA) is 72.2 Å². The van der Waals surface area contributed by atoms with Gasteiger partial charge in [-0.1, -0.05) is 32.0 Å². The lowest BCUT2D eigenvalue weighted by atomic mass is 9.92. The molecule has 4 rings (SSSR count). The molecule has 2 atom stereocenters. The highest BCUT2D eigenvalue weighted by atomic mass is 19.1. The Kier molecular flexibility index (Phi) is 7.69. The Bertz CT molecular complexity index is 1250. The predicted octanol–water partition coefficient (Wildman–Crippen LogP) is 3.49. The van der Waals surface area contributed by atoms with E-state index in [1.807, 2.05) is 18.4 Å². The summed E-state index contributed by atoms with van der Waals surface area (Å²) in [6, 6.07) is 6.64. The number of halogens is 1. The molecule has 0 bridgehead atoms. The molecule has 7 nitrogen and oxygen atoms in total. The van der Waals surface area contributed by atoms with Crippen molar-refractivity contribution in [2.24, 2.45) is 11.8 Å². The molecule has 35 heavy (non-hydrogen) atoms. The first-order chi connectivity index (χ1) is 16.7. The van der Waals surface area contributed by atoms with Crippen LogP contribution in [0, 0.1) is 31.5 Å². The quantitative estimate of drug-likeness (QED) is 0.500. The van der Waals surface area contributed by atoms with Crippen molar-refractivity contribution < 1.29 is 9.18 Å². The van der Waals surface area contributed by atoms with Crippen LogP contribution in [0.25, 0.3) is 10.8 Å². The van der Waals surface area contributed by atoms with Gasteiger partial charge in [0, 0.05) is 42.0 Å². The van der Waals surface area contributed by atoms with E-state index in [4.69, 9.17) is 0 Å². The van der Waals surface area contributed by atoms with Gasteiger partial charge < -0.3 is 14.8 Å². The maximum absolute atomic E-state index is 14.2. The number of nitrogens with one attached hydrogen (secondary N) is 1. The second-order valence-corrected chi connectivity index (χ2v) is 10.2. The predicted molar refractivity (Wildman–Crippen MR) is 136 cm³/mol. The lowest BCUT2D eigenvalue weighted by Crippen LogP contribution is -2.40. The first kappa shape index (κ1) is 25.1. The van der Waals surface area contributed by atoms with Crippen LogP contribution in [0.2, 0.25) is 0 Å². The second kappa shape index (κ2) is 10.7. The number of hydrogen-bond acceptors (Lipinski definition) is 4. The van der Waals surface area contributed by atoms with Gasteiger partial charge in [0.2, 0.25) is 5.91 Å². The number of amides is 1. The zero-order valence-corrected chi connectivity index (χ0v) is 21.2. The van der Waals surface area contributed by atoms with E-state index in [1.165, 1.54) is 17.2 Å². The van der Waals surface area contributed by atoms with E-state index in [-0.39, 0.29) is 23.8 Å². The van der Waals surface area contributed by atoms with Gasteiger partial charge in [0.1, 0.15) is 12.4 Å². The number of carbonyl (C=O) groups excluding carboxylic acids is 1. The molecule has 1 fully saturated rings. The molecule has 0 saturated carbocycles. The summed E-state index contributed by atoms with van der Waals surface area (Å²) in [5.74, 6) is 0.935. The molecule has 0 unspecified atom stereocenters. The molecule has 2 aromatic heterocycles. The van der Waals surface area contributed by atoms with Crippen molar-refractivity contribution >= 4 is 16.7 Å². The average Bonchev–Trinajstić information content (AvgIpc) is 3.04. The van der Waals surface area contributed by atoms with Gasteiger partial charge in [0.25, 0.3) is 5.56 Å². The number of likely N-dealkylation sites (tertiary alicyclic amines) is 1. The first-order valence-corrected chi connectivity index (χ1v) is 12.5. The minimum Gasteiger partial charge on any atom is -0.354 e. The third-order valence-electron chi connectivity index (χ3n) is 7.10. The van der Waals surface area contributed by atoms with E-state index >= 15 is 0 Å². The first-order valence-electron chi connectivity index (χ1n) is 12.5. The number of nitrogens with zero attached hydrogens (tertiary/aromatic N) is 4. The van der Waals surface area contributed by atoms with E-state index in [0.29, 0.717) is 24.0 Å². The van der Waals surface area contributed by atoms with Crippen LogP contribution in [0.3, 0.4) is 0 Å². The van der Waals surface area contributed by atoms with E-state index in [0.717, 1.165) is 54.7 Å². The maximum atomic E-state index is 14.2. The Labute approximate surface area is 205 Å². The minimum atomic E-state index is -0.304. The summed E-state index contributed by atoms with van der Waals surface area (Å²) in [7, 11) is 0. The van der Waals surface area contributed by atoms with Crippen LogP contribution in [0.5, 0.6) is 0 Å². The zero-order chi connectivity index (χ0) is 25.1. The maximum Gasteiger partial charge on any atom is 0.276 e. The van der Waals surface area contributed by atoms with Crippen LogP contribution in [0.4, 0.5) is 4.39 Å². The summed E-state index contributed by atoms with van der Waals surface area (Å²) in [6.45, 7) is 12.3. The number of benzene rings is 1. The monoisotopic (exact) mass is 481 g/mol. The van der Waals surface area contributed by atoms with E-state index in [9.17, 15) is 14.0 Å². The van der Waals surface area contributed by atoms with Gasteiger partial charge in [0.15, 0.2) is 0 Å². The number of carbonyl (C=O) groups is 1. The van der Waals surface area contributed by atoms with Gasteiger partial charge in [-0.05, 0) is 51.1 Å². The van der Waals surface area contributed by atoms with Crippen LogP contribution in [-0.4, -0.2) is 51.3 Å². The fourth-order valence-corrected chi connectivity index (χ4v) is 5.49. The number of aromatic nitrogens is 3. The lowest BCUT2D eigenvalue weighted by molar-refractivity contribution is -0.121. The summed E-state index contributed by atoms with van der Waals surface area (Å²) in [5.41, 5.74) is 1.84. The van der Waals surface area contributed by atoms with Crippen molar-refractivity contribution in [3.05, 3.63) is 63.6 Å². The van der Waals surface area contributed by atoms with Gasteiger partial charge in [-0.3, -0.25) is 9.59 Å². The highest BCUT2D eigenvalue weighted by Gasteiger charge is 2.21. The summed E-state index contributed by atoms with van der Waals surface area (Å²) in [5, 5.41) is 8.43. The SMILES string of the molecule is Cc1c2cnn(CC(=O)NCCCN3C[C@@H](C)C[C@H](C)C3)c(=O)c2c(C)n1Cc1ccccc1F. The van der Waals surface area contributed by atoms with Crippen molar-refractivity contribution in [2.75, 3.05) is 26.2 Å². The fourth-order valence-electron chi connectivity index (χ4n) is 5.49. The molecule has 3 heterocycles. The van der Waals surface area contributed by atoms with Gasteiger partial charge in [-0.2, -0.15) is 5.10 Å². The van der Waals surface area contributed by atoms with Gasteiger partial charge in [-0.15, -0.1) is 0 Å². The largest absolute Gasteiger partial charge is 0.354 e. The van der Waals surface area contributed by atoms with Crippen LogP contribution >= 0.6 is 0 Å². The Morgan fingerprint density at radius 2 is 1.86 bits per heavy atom. The molecular weight excluding hydrogens is 445 g/mol. The zero-order valence-electron chi connectivity index (χ0n) is 21.2. The smallest absolute Gasteiger partial charge is 0.276 e. The molecule has 1 N–H and O–H groups in total. The summed E-state index contributed by atoms with van der Waals surface area (Å²) in [6.07, 6.45) is 3.79. The highest BCUT2D eigenvalue weighted by Crippen LogP contribution is 2.24. The Balaban J connectivity index is 1.40.